The van der Waals surface area contributed by atoms with Gasteiger partial charge in [-0.15, -0.1) is 0 Å². The lowest BCUT2D eigenvalue weighted by Gasteiger charge is -2.09. The summed E-state index contributed by atoms with van der Waals surface area (Å²) < 4.78 is 5.75. The monoisotopic (exact) mass is 280 g/mol. The first kappa shape index (κ1) is 13.3. The molecule has 0 unspecified atom stereocenters. The molecule has 2 aromatic carbocycles. The third kappa shape index (κ3) is 3.41. The zero-order valence-corrected chi connectivity index (χ0v) is 11.8. The Bertz CT molecular complexity index is 544. The van der Waals surface area contributed by atoms with Gasteiger partial charge in [0.25, 0.3) is 0 Å². The van der Waals surface area contributed by atoms with E-state index in [2.05, 4.69) is 19.9 Å². The second-order valence-corrected chi connectivity index (χ2v) is 5.17. The second kappa shape index (κ2) is 5.64. The van der Waals surface area contributed by atoms with Crippen molar-refractivity contribution in [2.75, 3.05) is 0 Å². The summed E-state index contributed by atoms with van der Waals surface area (Å²) in [5.41, 5.74) is 3.39. The molecule has 0 saturated heterocycles. The molecule has 0 saturated carbocycles. The molecule has 0 N–H and O–H groups in total. The maximum Gasteiger partial charge on any atom is 0.120 e. The topological polar surface area (TPSA) is 9.23 Å². The van der Waals surface area contributed by atoms with Gasteiger partial charge in [0.15, 0.2) is 0 Å². The van der Waals surface area contributed by atoms with Crippen molar-refractivity contribution in [2.45, 2.75) is 20.5 Å². The van der Waals surface area contributed by atoms with Gasteiger partial charge in [-0.2, -0.15) is 0 Å². The average molecular weight is 281 g/mol. The molecule has 0 fully saturated rings. The van der Waals surface area contributed by atoms with Gasteiger partial charge < -0.3 is 4.74 Å². The highest BCUT2D eigenvalue weighted by Crippen LogP contribution is 2.24. The summed E-state index contributed by atoms with van der Waals surface area (Å²) in [5.74, 6) is 0.874. The van der Waals surface area contributed by atoms with Crippen molar-refractivity contribution in [3.63, 3.8) is 0 Å². The van der Waals surface area contributed by atoms with Gasteiger partial charge in [-0.25, -0.2) is 0 Å². The molecule has 0 aliphatic heterocycles. The first-order valence-electron chi connectivity index (χ1n) is 5.69. The van der Waals surface area contributed by atoms with E-state index in [4.69, 9.17) is 27.9 Å². The Labute approximate surface area is 117 Å². The number of hydrogen-bond acceptors (Lipinski definition) is 1. The standard InChI is InChI=1S/C15H14Cl2O/c1-10-5-11(2)7-13(6-10)18-9-12-3-4-14(16)15(17)8-12/h3-8H,9H2,1-2H3. The van der Waals surface area contributed by atoms with Gasteiger partial charge in [0.05, 0.1) is 10.0 Å². The molecular weight excluding hydrogens is 267 g/mol. The van der Waals surface area contributed by atoms with E-state index in [1.807, 2.05) is 24.3 Å². The van der Waals surface area contributed by atoms with E-state index < -0.39 is 0 Å². The van der Waals surface area contributed by atoms with Gasteiger partial charge in [0.2, 0.25) is 0 Å². The normalized spacial score (nSPS) is 10.4. The third-order valence-electron chi connectivity index (χ3n) is 2.58. The summed E-state index contributed by atoms with van der Waals surface area (Å²) in [7, 11) is 0. The molecule has 0 bridgehead atoms. The maximum absolute atomic E-state index is 5.96. The Balaban J connectivity index is 2.08. The highest BCUT2D eigenvalue weighted by Gasteiger charge is 2.01. The van der Waals surface area contributed by atoms with E-state index in [0.29, 0.717) is 16.7 Å². The Morgan fingerprint density at radius 3 is 2.17 bits per heavy atom. The van der Waals surface area contributed by atoms with Gasteiger partial charge in [-0.1, -0.05) is 35.3 Å². The summed E-state index contributed by atoms with van der Waals surface area (Å²) in [6, 6.07) is 11.7. The van der Waals surface area contributed by atoms with Gasteiger partial charge >= 0.3 is 0 Å². The molecule has 94 valence electrons. The summed E-state index contributed by atoms with van der Waals surface area (Å²) in [6.07, 6.45) is 0. The maximum atomic E-state index is 5.96. The molecule has 2 rings (SSSR count). The number of halogens is 2. The highest BCUT2D eigenvalue weighted by atomic mass is 35.5. The molecule has 0 radical (unpaired) electrons. The fourth-order valence-corrected chi connectivity index (χ4v) is 2.13. The fraction of sp³-hybridized carbons (Fsp3) is 0.200. The van der Waals surface area contributed by atoms with Crippen LogP contribution in [0.5, 0.6) is 5.75 Å². The molecule has 2 aromatic rings. The molecule has 3 heteroatoms. The fourth-order valence-electron chi connectivity index (χ4n) is 1.81. The molecule has 0 aliphatic rings. The van der Waals surface area contributed by atoms with Crippen molar-refractivity contribution >= 4 is 23.2 Å². The summed E-state index contributed by atoms with van der Waals surface area (Å²) in [4.78, 5) is 0. The van der Waals surface area contributed by atoms with Crippen LogP contribution in [0, 0.1) is 13.8 Å². The minimum absolute atomic E-state index is 0.486. The first-order valence-corrected chi connectivity index (χ1v) is 6.45. The number of hydrogen-bond donors (Lipinski definition) is 0. The molecule has 0 aliphatic carbocycles. The van der Waals surface area contributed by atoms with Gasteiger partial charge in [-0.05, 0) is 54.8 Å². The van der Waals surface area contributed by atoms with Gasteiger partial charge in [0, 0.05) is 0 Å². The second-order valence-electron chi connectivity index (χ2n) is 4.36. The van der Waals surface area contributed by atoms with E-state index in [1.54, 1.807) is 6.07 Å². The molecule has 0 atom stereocenters. The van der Waals surface area contributed by atoms with Crippen molar-refractivity contribution in [1.29, 1.82) is 0 Å². The highest BCUT2D eigenvalue weighted by molar-refractivity contribution is 6.42. The average Bonchev–Trinajstić information content (AvgIpc) is 2.29. The van der Waals surface area contributed by atoms with Crippen LogP contribution in [0.4, 0.5) is 0 Å². The lowest BCUT2D eigenvalue weighted by molar-refractivity contribution is 0.306. The molecule has 0 aromatic heterocycles. The van der Waals surface area contributed by atoms with Crippen molar-refractivity contribution in [3.8, 4) is 5.75 Å². The van der Waals surface area contributed by atoms with E-state index >= 15 is 0 Å². The van der Waals surface area contributed by atoms with Crippen LogP contribution >= 0.6 is 23.2 Å². The van der Waals surface area contributed by atoms with Crippen LogP contribution in [-0.4, -0.2) is 0 Å². The quantitative estimate of drug-likeness (QED) is 0.752. The Kier molecular flexibility index (Phi) is 4.15. The SMILES string of the molecule is Cc1cc(C)cc(OCc2ccc(Cl)c(Cl)c2)c1. The van der Waals surface area contributed by atoms with Crippen LogP contribution in [-0.2, 0) is 6.61 Å². The van der Waals surface area contributed by atoms with Crippen LogP contribution in [0.25, 0.3) is 0 Å². The smallest absolute Gasteiger partial charge is 0.120 e. The molecule has 0 spiro atoms. The molecule has 0 amide bonds. The van der Waals surface area contributed by atoms with E-state index in [-0.39, 0.29) is 0 Å². The van der Waals surface area contributed by atoms with Gasteiger partial charge in [-0.3, -0.25) is 0 Å². The lowest BCUT2D eigenvalue weighted by Crippen LogP contribution is -1.96. The number of rotatable bonds is 3. The summed E-state index contributed by atoms with van der Waals surface area (Å²) in [5, 5.41) is 1.12. The molecule has 0 heterocycles. The molecular formula is C15H14Cl2O. The van der Waals surface area contributed by atoms with Crippen molar-refractivity contribution in [3.05, 3.63) is 63.1 Å². The molecule has 18 heavy (non-hydrogen) atoms. The predicted octanol–water partition coefficient (Wildman–Crippen LogP) is 5.19. The predicted molar refractivity (Wildman–Crippen MR) is 76.7 cm³/mol. The van der Waals surface area contributed by atoms with Crippen molar-refractivity contribution in [2.24, 2.45) is 0 Å². The Hall–Kier alpha value is -1.18. The lowest BCUT2D eigenvalue weighted by atomic mass is 10.1. The van der Waals surface area contributed by atoms with Gasteiger partial charge in [0.1, 0.15) is 12.4 Å². The van der Waals surface area contributed by atoms with E-state index in [9.17, 15) is 0 Å². The van der Waals surface area contributed by atoms with Crippen LogP contribution in [0.3, 0.4) is 0 Å². The minimum atomic E-state index is 0.486. The first-order chi connectivity index (χ1) is 8.54. The van der Waals surface area contributed by atoms with Crippen LogP contribution in [0.2, 0.25) is 10.0 Å². The van der Waals surface area contributed by atoms with Crippen molar-refractivity contribution < 1.29 is 4.74 Å². The third-order valence-corrected chi connectivity index (χ3v) is 3.32. The van der Waals surface area contributed by atoms with Crippen LogP contribution in [0.15, 0.2) is 36.4 Å². The Morgan fingerprint density at radius 1 is 0.889 bits per heavy atom. The van der Waals surface area contributed by atoms with Crippen LogP contribution < -0.4 is 4.74 Å². The largest absolute Gasteiger partial charge is 0.489 e. The summed E-state index contributed by atoms with van der Waals surface area (Å²) >= 11 is 11.8. The number of benzene rings is 2. The van der Waals surface area contributed by atoms with Crippen molar-refractivity contribution in [1.82, 2.24) is 0 Å². The van der Waals surface area contributed by atoms with Crippen LogP contribution in [0.1, 0.15) is 16.7 Å². The minimum Gasteiger partial charge on any atom is -0.489 e. The summed E-state index contributed by atoms with van der Waals surface area (Å²) in [6.45, 7) is 4.60. The molecule has 1 nitrogen and oxygen atoms in total. The Morgan fingerprint density at radius 2 is 1.56 bits per heavy atom. The van der Waals surface area contributed by atoms with E-state index in [1.165, 1.54) is 11.1 Å². The van der Waals surface area contributed by atoms with E-state index in [0.717, 1.165) is 11.3 Å². The number of aryl methyl sites for hydroxylation is 2. The zero-order valence-electron chi connectivity index (χ0n) is 10.3. The zero-order chi connectivity index (χ0) is 13.1. The number of ether oxygens (including phenoxy) is 1.